The molecule has 0 radical (unpaired) electrons. The molecular weight excluding hydrogens is 158 g/mol. The van der Waals surface area contributed by atoms with Crippen LogP contribution in [0, 0.1) is 10.8 Å². The Morgan fingerprint density at radius 2 is 1.54 bits per heavy atom. The van der Waals surface area contributed by atoms with Crippen LogP contribution in [0.3, 0.4) is 0 Å². The van der Waals surface area contributed by atoms with Crippen molar-refractivity contribution in [1.82, 2.24) is 4.90 Å². The van der Waals surface area contributed by atoms with Crippen LogP contribution in [0.2, 0.25) is 0 Å². The van der Waals surface area contributed by atoms with Crippen molar-refractivity contribution in [2.75, 3.05) is 19.6 Å². The molecule has 0 unspecified atom stereocenters. The minimum atomic E-state index is 0.506. The van der Waals surface area contributed by atoms with E-state index in [2.05, 4.69) is 25.7 Å². The van der Waals surface area contributed by atoms with Crippen molar-refractivity contribution in [2.24, 2.45) is 10.8 Å². The first-order chi connectivity index (χ1) is 6.04. The summed E-state index contributed by atoms with van der Waals surface area (Å²) >= 11 is 0. The quantitative estimate of drug-likeness (QED) is 0.555. The second-order valence-corrected chi connectivity index (χ2v) is 6.01. The van der Waals surface area contributed by atoms with Crippen LogP contribution in [0.1, 0.15) is 46.5 Å². The average Bonchev–Trinajstić information content (AvgIpc) is 2.02. The van der Waals surface area contributed by atoms with Crippen LogP contribution in [-0.4, -0.2) is 24.5 Å². The van der Waals surface area contributed by atoms with E-state index in [1.54, 1.807) is 0 Å². The Morgan fingerprint density at radius 1 is 1.00 bits per heavy atom. The smallest absolute Gasteiger partial charge is 0.00430 e. The lowest BCUT2D eigenvalue weighted by Crippen LogP contribution is -2.53. The van der Waals surface area contributed by atoms with E-state index < -0.39 is 0 Å². The molecule has 0 saturated carbocycles. The van der Waals surface area contributed by atoms with Crippen molar-refractivity contribution in [2.45, 2.75) is 46.5 Å². The van der Waals surface area contributed by atoms with Crippen LogP contribution in [-0.2, 0) is 0 Å². The zero-order chi connectivity index (χ0) is 9.53. The summed E-state index contributed by atoms with van der Waals surface area (Å²) in [5.74, 6) is 0. The van der Waals surface area contributed by atoms with Gasteiger partial charge >= 0.3 is 0 Å². The standard InChI is InChI=1S/C12H23N/c1-11(2,3)12-6-4-8-13(10-12)9-5-7-12/h4-10H2,1-3H3. The van der Waals surface area contributed by atoms with E-state index in [0.717, 1.165) is 0 Å². The Bertz CT molecular complexity index is 180. The normalized spacial score (nSPS) is 40.4. The molecule has 0 aliphatic carbocycles. The first-order valence-electron chi connectivity index (χ1n) is 5.76. The lowest BCUT2D eigenvalue weighted by molar-refractivity contribution is -0.0431. The van der Waals surface area contributed by atoms with Gasteiger partial charge in [0.2, 0.25) is 0 Å². The highest BCUT2D eigenvalue weighted by Crippen LogP contribution is 2.50. The fraction of sp³-hybridized carbons (Fsp3) is 1.00. The van der Waals surface area contributed by atoms with E-state index in [9.17, 15) is 0 Å². The largest absolute Gasteiger partial charge is 0.303 e. The number of fused-ring (bicyclic) bond motifs is 2. The first kappa shape index (κ1) is 9.51. The van der Waals surface area contributed by atoms with E-state index in [-0.39, 0.29) is 0 Å². The van der Waals surface area contributed by atoms with Gasteiger partial charge < -0.3 is 4.90 Å². The highest BCUT2D eigenvalue weighted by atomic mass is 15.1. The van der Waals surface area contributed by atoms with Gasteiger partial charge in [-0.1, -0.05) is 20.8 Å². The summed E-state index contributed by atoms with van der Waals surface area (Å²) in [7, 11) is 0. The monoisotopic (exact) mass is 181 g/mol. The second-order valence-electron chi connectivity index (χ2n) is 6.01. The Labute approximate surface area is 82.5 Å². The minimum Gasteiger partial charge on any atom is -0.303 e. The topological polar surface area (TPSA) is 3.24 Å². The maximum atomic E-state index is 2.68. The number of rotatable bonds is 0. The van der Waals surface area contributed by atoms with Gasteiger partial charge in [-0.05, 0) is 49.6 Å². The van der Waals surface area contributed by atoms with Gasteiger partial charge in [-0.3, -0.25) is 0 Å². The van der Waals surface area contributed by atoms with Gasteiger partial charge in [-0.25, -0.2) is 0 Å². The molecule has 0 spiro atoms. The first-order valence-corrected chi connectivity index (χ1v) is 5.76. The van der Waals surface area contributed by atoms with E-state index in [0.29, 0.717) is 10.8 Å². The molecule has 2 fully saturated rings. The highest BCUT2D eigenvalue weighted by Gasteiger charge is 2.45. The van der Waals surface area contributed by atoms with E-state index in [1.807, 2.05) is 0 Å². The van der Waals surface area contributed by atoms with E-state index in [4.69, 9.17) is 0 Å². The third-order valence-corrected chi connectivity index (χ3v) is 4.38. The van der Waals surface area contributed by atoms with Gasteiger partial charge in [0.05, 0.1) is 0 Å². The molecule has 2 rings (SSSR count). The number of hydrogen-bond donors (Lipinski definition) is 0. The fourth-order valence-corrected chi connectivity index (χ4v) is 3.25. The second kappa shape index (κ2) is 2.98. The molecule has 0 aromatic heterocycles. The summed E-state index contributed by atoms with van der Waals surface area (Å²) in [5.41, 5.74) is 1.15. The summed E-state index contributed by atoms with van der Waals surface area (Å²) < 4.78 is 0. The van der Waals surface area contributed by atoms with Crippen molar-refractivity contribution in [3.05, 3.63) is 0 Å². The van der Waals surface area contributed by atoms with Crippen LogP contribution in [0.15, 0.2) is 0 Å². The third kappa shape index (κ3) is 1.52. The molecule has 2 aliphatic rings. The molecule has 2 saturated heterocycles. The van der Waals surface area contributed by atoms with Gasteiger partial charge in [-0.2, -0.15) is 0 Å². The molecule has 0 amide bonds. The predicted octanol–water partition coefficient (Wildman–Crippen LogP) is 2.91. The summed E-state index contributed by atoms with van der Waals surface area (Å²) in [4.78, 5) is 2.68. The molecule has 0 aromatic rings. The SMILES string of the molecule is CC(C)(C)C12CCCN(CCC1)C2. The Hall–Kier alpha value is -0.0400. The van der Waals surface area contributed by atoms with Crippen LogP contribution in [0.5, 0.6) is 0 Å². The van der Waals surface area contributed by atoms with Crippen molar-refractivity contribution in [3.63, 3.8) is 0 Å². The fourth-order valence-electron chi connectivity index (χ4n) is 3.25. The molecule has 0 N–H and O–H groups in total. The number of nitrogens with zero attached hydrogens (tertiary/aromatic N) is 1. The molecule has 2 aliphatic heterocycles. The van der Waals surface area contributed by atoms with Crippen LogP contribution >= 0.6 is 0 Å². The molecule has 13 heavy (non-hydrogen) atoms. The number of hydrogen-bond acceptors (Lipinski definition) is 1. The maximum Gasteiger partial charge on any atom is 0.00430 e. The lowest BCUT2D eigenvalue weighted by Gasteiger charge is -2.54. The van der Waals surface area contributed by atoms with Gasteiger partial charge in [0.1, 0.15) is 0 Å². The Morgan fingerprint density at radius 3 is 1.92 bits per heavy atom. The van der Waals surface area contributed by atoms with Crippen molar-refractivity contribution in [1.29, 1.82) is 0 Å². The van der Waals surface area contributed by atoms with Crippen LogP contribution < -0.4 is 0 Å². The number of piperidine rings is 2. The predicted molar refractivity (Wildman–Crippen MR) is 56.8 cm³/mol. The lowest BCUT2D eigenvalue weighted by atomic mass is 9.59. The molecule has 2 heterocycles. The van der Waals surface area contributed by atoms with Gasteiger partial charge in [0.25, 0.3) is 0 Å². The van der Waals surface area contributed by atoms with Crippen molar-refractivity contribution >= 4 is 0 Å². The third-order valence-electron chi connectivity index (χ3n) is 4.38. The summed E-state index contributed by atoms with van der Waals surface area (Å²) in [6.07, 6.45) is 5.79. The van der Waals surface area contributed by atoms with Crippen LogP contribution in [0.25, 0.3) is 0 Å². The van der Waals surface area contributed by atoms with Crippen molar-refractivity contribution < 1.29 is 0 Å². The molecule has 1 nitrogen and oxygen atoms in total. The minimum absolute atomic E-state index is 0.506. The van der Waals surface area contributed by atoms with Gasteiger partial charge in [0, 0.05) is 6.54 Å². The average molecular weight is 181 g/mol. The highest BCUT2D eigenvalue weighted by molar-refractivity contribution is 4.97. The Kier molecular flexibility index (Phi) is 2.18. The molecule has 1 heteroatoms. The molecule has 0 aromatic carbocycles. The zero-order valence-corrected chi connectivity index (χ0v) is 9.40. The summed E-state index contributed by atoms with van der Waals surface area (Å²) in [5, 5.41) is 0. The zero-order valence-electron chi connectivity index (χ0n) is 9.40. The summed E-state index contributed by atoms with van der Waals surface area (Å²) in [6.45, 7) is 11.4. The molecular formula is C12H23N. The van der Waals surface area contributed by atoms with E-state index in [1.165, 1.54) is 45.3 Å². The summed E-state index contributed by atoms with van der Waals surface area (Å²) in [6, 6.07) is 0. The molecule has 2 bridgehead atoms. The van der Waals surface area contributed by atoms with Gasteiger partial charge in [0.15, 0.2) is 0 Å². The van der Waals surface area contributed by atoms with E-state index >= 15 is 0 Å². The van der Waals surface area contributed by atoms with Crippen LogP contribution in [0.4, 0.5) is 0 Å². The van der Waals surface area contributed by atoms with Gasteiger partial charge in [-0.15, -0.1) is 0 Å². The Balaban J connectivity index is 2.19. The molecule has 76 valence electrons. The maximum absolute atomic E-state index is 2.68. The van der Waals surface area contributed by atoms with Crippen molar-refractivity contribution in [3.8, 4) is 0 Å². The molecule has 0 atom stereocenters.